The van der Waals surface area contributed by atoms with Gasteiger partial charge in [0.15, 0.2) is 0 Å². The van der Waals surface area contributed by atoms with Crippen molar-refractivity contribution >= 4 is 91.8 Å². The van der Waals surface area contributed by atoms with E-state index in [0.29, 0.717) is 0 Å². The first-order chi connectivity index (χ1) is 26.9. The molecule has 0 aliphatic carbocycles. The third-order valence-electron chi connectivity index (χ3n) is 10.1. The van der Waals surface area contributed by atoms with Gasteiger partial charge in [0.25, 0.3) is 0 Å². The molecule has 0 N–H and O–H groups in total. The van der Waals surface area contributed by atoms with Crippen LogP contribution in [-0.2, 0) is 20.1 Å². The van der Waals surface area contributed by atoms with Crippen LogP contribution in [0.25, 0.3) is 79.8 Å². The molecular formula is C48H40GeIrN4S2-2. The molecule has 0 saturated heterocycles. The number of fused-ring (bicyclic) bond motifs is 7. The number of thiophene rings is 2. The van der Waals surface area contributed by atoms with Gasteiger partial charge in [-0.1, -0.05) is 47.3 Å². The molecular weight excluding hydrogens is 962 g/mol. The molecule has 0 fully saturated rings. The van der Waals surface area contributed by atoms with Gasteiger partial charge in [-0.3, -0.25) is 4.98 Å². The number of para-hydroxylation sites is 2. The molecule has 56 heavy (non-hydrogen) atoms. The topological polar surface area (TPSA) is 43.6 Å². The first-order valence-corrected chi connectivity index (χ1v) is 27.5. The van der Waals surface area contributed by atoms with Crippen molar-refractivity contribution in [1.29, 1.82) is 0 Å². The quantitative estimate of drug-likeness (QED) is 0.127. The molecule has 8 heteroatoms. The number of aryl methyl sites for hydroxylation is 1. The van der Waals surface area contributed by atoms with Crippen LogP contribution in [0, 0.1) is 19.1 Å². The van der Waals surface area contributed by atoms with Gasteiger partial charge in [-0.2, -0.15) is 11.3 Å². The molecule has 5 heterocycles. The summed E-state index contributed by atoms with van der Waals surface area (Å²) in [5, 5.41) is 4.96. The predicted octanol–water partition coefficient (Wildman–Crippen LogP) is 13.1. The van der Waals surface area contributed by atoms with Crippen LogP contribution in [0.3, 0.4) is 0 Å². The molecule has 0 amide bonds. The molecule has 4 nitrogen and oxygen atoms in total. The fraction of sp³-hybridized carbons (Fsp3) is 0.146. The van der Waals surface area contributed by atoms with E-state index in [1.807, 2.05) is 68.6 Å². The van der Waals surface area contributed by atoms with Gasteiger partial charge < -0.3 is 4.57 Å². The molecule has 10 rings (SSSR count). The Kier molecular flexibility index (Phi) is 10.2. The Hall–Kier alpha value is -4.50. The Morgan fingerprint density at radius 3 is 2.32 bits per heavy atom. The van der Waals surface area contributed by atoms with Crippen LogP contribution < -0.4 is 4.40 Å². The first-order valence-electron chi connectivity index (χ1n) is 19.0. The molecule has 0 aliphatic rings. The zero-order valence-electron chi connectivity index (χ0n) is 33.1. The maximum atomic E-state index is 8.44. The van der Waals surface area contributed by atoms with Crippen molar-refractivity contribution in [2.75, 3.05) is 0 Å². The summed E-state index contributed by atoms with van der Waals surface area (Å²) in [4.78, 5) is 15.6. The standard InChI is InChI=1S/C31H18N3S2.C17H22GeN.Ir/c1-18-13-15-22-21-8-6-9-23(29(21)36-31(22)32-18)30-33-25-10-3-4-11-26(25)34(30)19-14-16-28-24(17-19)20-7-2-5-12-27(20)35-28;1-13(2)15-11-17(14-9-7-6-8-10-14)19-12-16(15)18(3,4)5;/h2-8,10-17H,1H3;6-9,11-13H,1-5H3;/q2*-1;/i;13D;. The zero-order valence-corrected chi connectivity index (χ0v) is 38.2. The second kappa shape index (κ2) is 15.4. The molecule has 1 radical (unpaired) electrons. The van der Waals surface area contributed by atoms with Gasteiger partial charge in [-0.05, 0) is 59.5 Å². The minimum Gasteiger partial charge on any atom is 0 e. The van der Waals surface area contributed by atoms with E-state index >= 15 is 0 Å². The summed E-state index contributed by atoms with van der Waals surface area (Å²) in [5.41, 5.74) is 8.24. The van der Waals surface area contributed by atoms with Gasteiger partial charge >= 0.3 is 120 Å². The van der Waals surface area contributed by atoms with Gasteiger partial charge in [-0.25, -0.2) is 4.98 Å². The van der Waals surface area contributed by atoms with E-state index in [2.05, 4.69) is 130 Å². The fourth-order valence-electron chi connectivity index (χ4n) is 7.36. The molecule has 5 aromatic carbocycles. The number of rotatable bonds is 5. The van der Waals surface area contributed by atoms with E-state index < -0.39 is 19.2 Å². The largest absolute Gasteiger partial charge is 0 e. The monoisotopic (exact) mass is 1000 g/mol. The van der Waals surface area contributed by atoms with E-state index in [0.717, 1.165) is 55.5 Å². The summed E-state index contributed by atoms with van der Waals surface area (Å²) in [6.07, 6.45) is 2.00. The number of hydrogen-bond donors (Lipinski definition) is 0. The number of imidazole rings is 1. The molecule has 279 valence electrons. The maximum Gasteiger partial charge on any atom is 0 e. The fourth-order valence-corrected chi connectivity index (χ4v) is 13.0. The van der Waals surface area contributed by atoms with Crippen molar-refractivity contribution < 1.29 is 21.5 Å². The number of hydrogen-bond acceptors (Lipinski definition) is 5. The van der Waals surface area contributed by atoms with Crippen LogP contribution in [0.1, 0.15) is 32.4 Å². The summed E-state index contributed by atoms with van der Waals surface area (Å²) in [7, 11) is 0. The molecule has 0 aliphatic heterocycles. The van der Waals surface area contributed by atoms with Crippen LogP contribution in [0.4, 0.5) is 0 Å². The molecule has 0 spiro atoms. The Bertz CT molecular complexity index is 3080. The average molecular weight is 1000 g/mol. The van der Waals surface area contributed by atoms with Gasteiger partial charge in [0, 0.05) is 51.7 Å². The summed E-state index contributed by atoms with van der Waals surface area (Å²) in [6.45, 7) is 5.96. The third kappa shape index (κ3) is 7.05. The van der Waals surface area contributed by atoms with E-state index in [-0.39, 0.29) is 20.1 Å². The second-order valence-electron chi connectivity index (χ2n) is 15.2. The smallest absolute Gasteiger partial charge is 0 e. The predicted molar refractivity (Wildman–Crippen MR) is 239 cm³/mol. The Balaban J connectivity index is 0.000000186. The van der Waals surface area contributed by atoms with Gasteiger partial charge in [0.2, 0.25) is 0 Å². The van der Waals surface area contributed by atoms with Gasteiger partial charge in [0.1, 0.15) is 4.83 Å². The SMILES string of the molecule is Cc1ccc2c(n1)sc1c(-c3nc4ccccc4n3-c3ccc4sc5ccccc5c4c3)[c-]ccc12.[2H]C(C)(C)c1cc(-c2[c-]cccc2)nc[c]1[Ge]([CH3])([CH3])[CH3].[Ir]. The molecule has 10 aromatic rings. The van der Waals surface area contributed by atoms with E-state index in [1.165, 1.54) is 40.0 Å². The molecule has 0 bridgehead atoms. The first kappa shape index (κ1) is 37.1. The van der Waals surface area contributed by atoms with Crippen molar-refractivity contribution in [3.8, 4) is 28.3 Å². The Morgan fingerprint density at radius 1 is 0.732 bits per heavy atom. The van der Waals surface area contributed by atoms with E-state index in [1.54, 1.807) is 11.3 Å². The van der Waals surface area contributed by atoms with E-state index in [4.69, 9.17) is 11.3 Å². The average Bonchev–Trinajstić information content (AvgIpc) is 3.88. The Labute approximate surface area is 353 Å². The van der Waals surface area contributed by atoms with Gasteiger partial charge in [0.05, 0.1) is 16.9 Å². The van der Waals surface area contributed by atoms with Gasteiger partial charge in [-0.15, -0.1) is 29.5 Å². The van der Waals surface area contributed by atoms with Crippen LogP contribution in [-0.4, -0.2) is 32.8 Å². The number of aromatic nitrogens is 4. The Morgan fingerprint density at radius 2 is 1.52 bits per heavy atom. The summed E-state index contributed by atoms with van der Waals surface area (Å²) < 4.78 is 15.8. The minimum absolute atomic E-state index is 0. The van der Waals surface area contributed by atoms with Crippen molar-refractivity contribution in [2.24, 2.45) is 0 Å². The van der Waals surface area contributed by atoms with Crippen molar-refractivity contribution in [3.05, 3.63) is 151 Å². The van der Waals surface area contributed by atoms with Crippen LogP contribution in [0.5, 0.6) is 0 Å². The number of pyridine rings is 2. The molecule has 0 saturated carbocycles. The second-order valence-corrected chi connectivity index (χ2v) is 27.8. The molecule has 0 unspecified atom stereocenters. The van der Waals surface area contributed by atoms with Crippen molar-refractivity contribution in [2.45, 2.75) is 43.9 Å². The number of benzene rings is 5. The van der Waals surface area contributed by atoms with Crippen molar-refractivity contribution in [1.82, 2.24) is 19.5 Å². The minimum atomic E-state index is -2.03. The summed E-state index contributed by atoms with van der Waals surface area (Å²) >= 11 is 1.54. The van der Waals surface area contributed by atoms with Crippen LogP contribution in [0.2, 0.25) is 17.3 Å². The van der Waals surface area contributed by atoms with Crippen molar-refractivity contribution in [3.63, 3.8) is 0 Å². The van der Waals surface area contributed by atoms with E-state index in [9.17, 15) is 0 Å². The van der Waals surface area contributed by atoms with Crippen LogP contribution >= 0.6 is 22.7 Å². The number of nitrogens with zero attached hydrogens (tertiary/aromatic N) is 4. The summed E-state index contributed by atoms with van der Waals surface area (Å²) in [5.74, 6) is 7.35. The normalized spacial score (nSPS) is 12.2. The maximum absolute atomic E-state index is 8.44. The zero-order chi connectivity index (χ0) is 38.8. The molecule has 0 atom stereocenters. The summed E-state index contributed by atoms with van der Waals surface area (Å²) in [6, 6.07) is 48.9. The van der Waals surface area contributed by atoms with Crippen LogP contribution in [0.15, 0.2) is 128 Å². The molecule has 5 aromatic heterocycles. The third-order valence-corrected chi connectivity index (χ3v) is 16.6.